The van der Waals surface area contributed by atoms with Crippen LogP contribution in [0.2, 0.25) is 0 Å². The van der Waals surface area contributed by atoms with Gasteiger partial charge in [0.2, 0.25) is 0 Å². The van der Waals surface area contributed by atoms with Crippen molar-refractivity contribution in [3.8, 4) is 10.6 Å². The Morgan fingerprint density at radius 3 is 3.04 bits per heavy atom. The molecule has 0 saturated carbocycles. The van der Waals surface area contributed by atoms with Gasteiger partial charge < -0.3 is 14.2 Å². The third-order valence-corrected chi connectivity index (χ3v) is 6.09. The molecule has 0 N–H and O–H groups in total. The van der Waals surface area contributed by atoms with Gasteiger partial charge >= 0.3 is 0 Å². The molecule has 134 valence electrons. The van der Waals surface area contributed by atoms with Gasteiger partial charge in [-0.25, -0.2) is 4.98 Å². The summed E-state index contributed by atoms with van der Waals surface area (Å²) < 4.78 is 10.1. The number of carbonyl (C=O) groups is 1. The molecular formula is C18H19N5O2S. The Kier molecular flexibility index (Phi) is 3.51. The normalized spacial score (nSPS) is 22.1. The predicted octanol–water partition coefficient (Wildman–Crippen LogP) is 2.16. The molecule has 3 aromatic rings. The quantitative estimate of drug-likeness (QED) is 0.694. The van der Waals surface area contributed by atoms with E-state index in [0.717, 1.165) is 24.5 Å². The average Bonchev–Trinajstić information content (AvgIpc) is 3.41. The molecule has 2 aliphatic rings. The number of hydrogen-bond donors (Lipinski definition) is 0. The van der Waals surface area contributed by atoms with E-state index in [4.69, 9.17) is 4.74 Å². The third-order valence-electron chi connectivity index (χ3n) is 5.20. The van der Waals surface area contributed by atoms with Crippen molar-refractivity contribution >= 4 is 17.2 Å². The molecule has 1 atom stereocenters. The molecule has 1 fully saturated rings. The number of fused-ring (bicyclic) bond motifs is 1. The first-order chi connectivity index (χ1) is 12.6. The molecule has 5 heterocycles. The van der Waals surface area contributed by atoms with Crippen LogP contribution >= 0.6 is 11.3 Å². The van der Waals surface area contributed by atoms with Gasteiger partial charge in [0.15, 0.2) is 0 Å². The maximum absolute atomic E-state index is 12.7. The summed E-state index contributed by atoms with van der Waals surface area (Å²) in [6.07, 6.45) is 4.55. The SMILES string of the molecule is Cn1ccc(C(=O)N2CCC3(C2)Cn2c(-c4cccs4)cnc2CO3)n1. The van der Waals surface area contributed by atoms with E-state index in [1.807, 2.05) is 18.1 Å². The number of hydrogen-bond acceptors (Lipinski definition) is 5. The highest BCUT2D eigenvalue weighted by Crippen LogP contribution is 2.36. The zero-order chi connectivity index (χ0) is 17.7. The van der Waals surface area contributed by atoms with Crippen LogP contribution in [0.15, 0.2) is 36.0 Å². The van der Waals surface area contributed by atoms with Crippen molar-refractivity contribution in [2.24, 2.45) is 7.05 Å². The molecule has 1 unspecified atom stereocenters. The fourth-order valence-electron chi connectivity index (χ4n) is 3.83. The lowest BCUT2D eigenvalue weighted by Crippen LogP contribution is -2.45. The van der Waals surface area contributed by atoms with Gasteiger partial charge in [0.1, 0.15) is 23.7 Å². The van der Waals surface area contributed by atoms with Crippen LogP contribution in [0.3, 0.4) is 0 Å². The average molecular weight is 369 g/mol. The minimum absolute atomic E-state index is 0.0269. The highest BCUT2D eigenvalue weighted by atomic mass is 32.1. The Hall–Kier alpha value is -2.45. The van der Waals surface area contributed by atoms with Crippen LogP contribution in [-0.4, -0.2) is 48.8 Å². The highest BCUT2D eigenvalue weighted by molar-refractivity contribution is 7.13. The van der Waals surface area contributed by atoms with Crippen molar-refractivity contribution in [1.29, 1.82) is 0 Å². The van der Waals surface area contributed by atoms with Gasteiger partial charge in [-0.15, -0.1) is 11.3 Å². The highest BCUT2D eigenvalue weighted by Gasteiger charge is 2.45. The van der Waals surface area contributed by atoms with Crippen LogP contribution in [0.25, 0.3) is 10.6 Å². The van der Waals surface area contributed by atoms with Gasteiger partial charge in [0.25, 0.3) is 5.91 Å². The monoisotopic (exact) mass is 369 g/mol. The molecule has 0 aromatic carbocycles. The summed E-state index contributed by atoms with van der Waals surface area (Å²) in [7, 11) is 1.82. The topological polar surface area (TPSA) is 65.2 Å². The van der Waals surface area contributed by atoms with E-state index in [0.29, 0.717) is 25.4 Å². The maximum Gasteiger partial charge on any atom is 0.274 e. The Balaban J connectivity index is 1.39. The summed E-state index contributed by atoms with van der Waals surface area (Å²) in [4.78, 5) is 20.3. The summed E-state index contributed by atoms with van der Waals surface area (Å²) in [5.74, 6) is 0.925. The smallest absolute Gasteiger partial charge is 0.274 e. The van der Waals surface area contributed by atoms with E-state index in [2.05, 4.69) is 32.2 Å². The molecule has 0 radical (unpaired) electrons. The molecule has 1 saturated heterocycles. The minimum Gasteiger partial charge on any atom is -0.363 e. The fraction of sp³-hybridized carbons (Fsp3) is 0.389. The second kappa shape index (κ2) is 5.78. The largest absolute Gasteiger partial charge is 0.363 e. The number of thiophene rings is 1. The van der Waals surface area contributed by atoms with Crippen LogP contribution in [0.1, 0.15) is 22.7 Å². The van der Waals surface area contributed by atoms with Crippen LogP contribution in [0, 0.1) is 0 Å². The summed E-state index contributed by atoms with van der Waals surface area (Å²) in [6.45, 7) is 2.48. The number of ether oxygens (including phenoxy) is 1. The van der Waals surface area contributed by atoms with Gasteiger partial charge in [-0.1, -0.05) is 6.07 Å². The summed E-state index contributed by atoms with van der Waals surface area (Å²) >= 11 is 1.71. The van der Waals surface area contributed by atoms with E-state index in [9.17, 15) is 4.79 Å². The van der Waals surface area contributed by atoms with Crippen LogP contribution in [0.4, 0.5) is 0 Å². The van der Waals surface area contributed by atoms with E-state index in [1.54, 1.807) is 28.3 Å². The first kappa shape index (κ1) is 15.8. The Labute approximate surface area is 154 Å². The molecule has 8 heteroatoms. The van der Waals surface area contributed by atoms with E-state index < -0.39 is 0 Å². The van der Waals surface area contributed by atoms with Crippen LogP contribution in [-0.2, 0) is 24.9 Å². The molecule has 0 bridgehead atoms. The maximum atomic E-state index is 12.7. The van der Waals surface area contributed by atoms with Crippen molar-refractivity contribution in [1.82, 2.24) is 24.2 Å². The van der Waals surface area contributed by atoms with Crippen LogP contribution < -0.4 is 0 Å². The second-order valence-electron chi connectivity index (χ2n) is 6.95. The molecular weight excluding hydrogens is 350 g/mol. The summed E-state index contributed by atoms with van der Waals surface area (Å²) in [5.41, 5.74) is 1.28. The zero-order valence-electron chi connectivity index (χ0n) is 14.5. The first-order valence-electron chi connectivity index (χ1n) is 8.65. The number of aromatic nitrogens is 4. The predicted molar refractivity (Wildman–Crippen MR) is 96.8 cm³/mol. The molecule has 5 rings (SSSR count). The molecule has 0 aliphatic carbocycles. The van der Waals surface area contributed by atoms with E-state index in [-0.39, 0.29) is 11.5 Å². The first-order valence-corrected chi connectivity index (χ1v) is 9.53. The van der Waals surface area contributed by atoms with Gasteiger partial charge in [0.05, 0.1) is 29.9 Å². The molecule has 1 amide bonds. The van der Waals surface area contributed by atoms with Crippen LogP contribution in [0.5, 0.6) is 0 Å². The lowest BCUT2D eigenvalue weighted by molar-refractivity contribution is -0.0804. The number of nitrogens with zero attached hydrogens (tertiary/aromatic N) is 5. The van der Waals surface area contributed by atoms with Gasteiger partial charge in [-0.2, -0.15) is 5.10 Å². The number of aryl methyl sites for hydroxylation is 1. The second-order valence-corrected chi connectivity index (χ2v) is 7.89. The number of amides is 1. The fourth-order valence-corrected chi connectivity index (χ4v) is 4.58. The molecule has 26 heavy (non-hydrogen) atoms. The van der Waals surface area contributed by atoms with Gasteiger partial charge in [-0.05, 0) is 23.9 Å². The minimum atomic E-state index is -0.343. The Bertz CT molecular complexity index is 960. The molecule has 7 nitrogen and oxygen atoms in total. The third kappa shape index (κ3) is 2.48. The standard InChI is InChI=1S/C18H19N5O2S/c1-21-6-4-13(20-21)17(24)22-7-5-18(11-22)12-23-14(15-3-2-8-26-15)9-19-16(23)10-25-18/h2-4,6,8-9H,5,7,10-12H2,1H3. The number of carbonyl (C=O) groups excluding carboxylic acids is 1. The molecule has 1 spiro atoms. The van der Waals surface area contributed by atoms with E-state index >= 15 is 0 Å². The van der Waals surface area contributed by atoms with Crippen molar-refractivity contribution in [3.63, 3.8) is 0 Å². The zero-order valence-corrected chi connectivity index (χ0v) is 15.3. The lowest BCUT2D eigenvalue weighted by Gasteiger charge is -2.35. The summed E-state index contributed by atoms with van der Waals surface area (Å²) in [5, 5.41) is 6.31. The molecule has 3 aromatic heterocycles. The van der Waals surface area contributed by atoms with Gasteiger partial charge in [0, 0.05) is 19.8 Å². The number of imidazole rings is 1. The number of likely N-dealkylation sites (tertiary alicyclic amines) is 1. The van der Waals surface area contributed by atoms with E-state index in [1.165, 1.54) is 4.88 Å². The number of rotatable bonds is 2. The summed E-state index contributed by atoms with van der Waals surface area (Å²) in [6, 6.07) is 5.93. The van der Waals surface area contributed by atoms with Crippen molar-refractivity contribution < 1.29 is 9.53 Å². The Morgan fingerprint density at radius 2 is 2.27 bits per heavy atom. The van der Waals surface area contributed by atoms with Crippen molar-refractivity contribution in [2.45, 2.75) is 25.2 Å². The van der Waals surface area contributed by atoms with Gasteiger partial charge in [-0.3, -0.25) is 9.48 Å². The van der Waals surface area contributed by atoms with Crippen molar-refractivity contribution in [3.05, 3.63) is 47.5 Å². The lowest BCUT2D eigenvalue weighted by atomic mass is 10.0. The Morgan fingerprint density at radius 1 is 1.35 bits per heavy atom. The van der Waals surface area contributed by atoms with Crippen molar-refractivity contribution in [2.75, 3.05) is 13.1 Å². The molecule has 2 aliphatic heterocycles.